The smallest absolute Gasteiger partial charge is 0.0646 e. The molecule has 1 unspecified atom stereocenters. The monoisotopic (exact) mass is 289 g/mol. The number of hydrogen-bond acceptors (Lipinski definition) is 3. The minimum Gasteiger partial charge on any atom is -0.302 e. The zero-order valence-corrected chi connectivity index (χ0v) is 14.0. The fourth-order valence-corrected chi connectivity index (χ4v) is 3.95. The van der Waals surface area contributed by atoms with Crippen LogP contribution in [0.5, 0.6) is 0 Å². The molecule has 1 aliphatic carbocycles. The maximum atomic E-state index is 6.03. The normalized spacial score (nSPS) is 17.8. The van der Waals surface area contributed by atoms with Crippen LogP contribution in [0.15, 0.2) is 24.3 Å². The summed E-state index contributed by atoms with van der Waals surface area (Å²) >= 11 is 0. The SMILES string of the molecule is CCC(CC)(C(NN)c1ccccc1C1CCC1)N(C)C. The van der Waals surface area contributed by atoms with Crippen LogP contribution in [0, 0.1) is 0 Å². The number of hydrazine groups is 1. The molecule has 1 atom stereocenters. The summed E-state index contributed by atoms with van der Waals surface area (Å²) in [6, 6.07) is 9.05. The molecule has 3 N–H and O–H groups in total. The Morgan fingerprint density at radius 3 is 2.29 bits per heavy atom. The highest BCUT2D eigenvalue weighted by atomic mass is 15.3. The second kappa shape index (κ2) is 6.91. The third-order valence-electron chi connectivity index (χ3n) is 5.67. The summed E-state index contributed by atoms with van der Waals surface area (Å²) in [5.41, 5.74) is 6.09. The van der Waals surface area contributed by atoms with Crippen molar-refractivity contribution in [1.29, 1.82) is 0 Å². The van der Waals surface area contributed by atoms with Gasteiger partial charge in [-0.1, -0.05) is 44.5 Å². The second-order valence-corrected chi connectivity index (χ2v) is 6.56. The van der Waals surface area contributed by atoms with Crippen molar-refractivity contribution in [1.82, 2.24) is 10.3 Å². The first kappa shape index (κ1) is 16.5. The lowest BCUT2D eigenvalue weighted by Crippen LogP contribution is -2.55. The molecule has 0 amide bonds. The fraction of sp³-hybridized carbons (Fsp3) is 0.667. The average molecular weight is 289 g/mol. The molecule has 1 fully saturated rings. The van der Waals surface area contributed by atoms with Crippen LogP contribution in [-0.2, 0) is 0 Å². The van der Waals surface area contributed by atoms with Crippen LogP contribution in [-0.4, -0.2) is 24.5 Å². The second-order valence-electron chi connectivity index (χ2n) is 6.56. The van der Waals surface area contributed by atoms with Crippen LogP contribution in [0.3, 0.4) is 0 Å². The first-order chi connectivity index (χ1) is 10.1. The summed E-state index contributed by atoms with van der Waals surface area (Å²) in [7, 11) is 4.34. The van der Waals surface area contributed by atoms with Crippen LogP contribution in [0.2, 0.25) is 0 Å². The molecule has 3 nitrogen and oxygen atoms in total. The van der Waals surface area contributed by atoms with E-state index in [1.165, 1.54) is 30.4 Å². The van der Waals surface area contributed by atoms with Gasteiger partial charge < -0.3 is 4.90 Å². The molecule has 0 radical (unpaired) electrons. The average Bonchev–Trinajstić information content (AvgIpc) is 2.43. The Balaban J connectivity index is 2.45. The number of benzene rings is 1. The Morgan fingerprint density at radius 2 is 1.86 bits per heavy atom. The van der Waals surface area contributed by atoms with Crippen LogP contribution in [0.4, 0.5) is 0 Å². The molecule has 21 heavy (non-hydrogen) atoms. The maximum absolute atomic E-state index is 6.03. The molecule has 0 saturated heterocycles. The van der Waals surface area contributed by atoms with E-state index in [1.54, 1.807) is 0 Å². The largest absolute Gasteiger partial charge is 0.302 e. The summed E-state index contributed by atoms with van der Waals surface area (Å²) in [6.07, 6.45) is 6.15. The van der Waals surface area contributed by atoms with Crippen molar-refractivity contribution in [2.24, 2.45) is 5.84 Å². The molecule has 1 aromatic rings. The van der Waals surface area contributed by atoms with Crippen LogP contribution in [0.1, 0.15) is 69.0 Å². The van der Waals surface area contributed by atoms with Gasteiger partial charge in [0, 0.05) is 5.54 Å². The minimum atomic E-state index is 0.0502. The number of nitrogens with two attached hydrogens (primary N) is 1. The Bertz CT molecular complexity index is 448. The van der Waals surface area contributed by atoms with E-state index in [4.69, 9.17) is 5.84 Å². The predicted molar refractivity (Wildman–Crippen MR) is 90.1 cm³/mol. The lowest BCUT2D eigenvalue weighted by atomic mass is 9.73. The van der Waals surface area contributed by atoms with Crippen molar-refractivity contribution in [3.05, 3.63) is 35.4 Å². The van der Waals surface area contributed by atoms with Gasteiger partial charge in [-0.25, -0.2) is 0 Å². The van der Waals surface area contributed by atoms with Gasteiger partial charge in [0.2, 0.25) is 0 Å². The highest BCUT2D eigenvalue weighted by molar-refractivity contribution is 5.36. The first-order valence-electron chi connectivity index (χ1n) is 8.33. The third-order valence-corrected chi connectivity index (χ3v) is 5.67. The summed E-state index contributed by atoms with van der Waals surface area (Å²) < 4.78 is 0. The first-order valence-corrected chi connectivity index (χ1v) is 8.33. The van der Waals surface area contributed by atoms with Gasteiger partial charge in [-0.15, -0.1) is 0 Å². The van der Waals surface area contributed by atoms with Gasteiger partial charge in [-0.2, -0.15) is 0 Å². The van der Waals surface area contributed by atoms with Crippen molar-refractivity contribution in [3.63, 3.8) is 0 Å². The molecule has 118 valence electrons. The van der Waals surface area contributed by atoms with Crippen LogP contribution >= 0.6 is 0 Å². The van der Waals surface area contributed by atoms with Gasteiger partial charge in [-0.3, -0.25) is 11.3 Å². The van der Waals surface area contributed by atoms with Gasteiger partial charge in [0.1, 0.15) is 0 Å². The summed E-state index contributed by atoms with van der Waals surface area (Å²) in [5, 5.41) is 0. The van der Waals surface area contributed by atoms with Crippen molar-refractivity contribution >= 4 is 0 Å². The Kier molecular flexibility index (Phi) is 5.42. The maximum Gasteiger partial charge on any atom is 0.0646 e. The minimum absolute atomic E-state index is 0.0502. The lowest BCUT2D eigenvalue weighted by Gasteiger charge is -2.46. The Morgan fingerprint density at radius 1 is 1.24 bits per heavy atom. The Labute approximate surface area is 129 Å². The number of likely N-dealkylation sites (N-methyl/N-ethyl adjacent to an activating group) is 1. The number of rotatable bonds is 7. The third kappa shape index (κ3) is 2.87. The van der Waals surface area contributed by atoms with Gasteiger partial charge >= 0.3 is 0 Å². The van der Waals surface area contributed by atoms with E-state index in [2.05, 4.69) is 62.5 Å². The Hall–Kier alpha value is -0.900. The van der Waals surface area contributed by atoms with Crippen LogP contribution in [0.25, 0.3) is 0 Å². The van der Waals surface area contributed by atoms with E-state index in [9.17, 15) is 0 Å². The van der Waals surface area contributed by atoms with E-state index in [1.807, 2.05) is 0 Å². The molecule has 1 saturated carbocycles. The molecule has 0 spiro atoms. The van der Waals surface area contributed by atoms with Crippen molar-refractivity contribution in [3.8, 4) is 0 Å². The number of hydrogen-bond donors (Lipinski definition) is 2. The highest BCUT2D eigenvalue weighted by Crippen LogP contribution is 2.43. The molecule has 2 rings (SSSR count). The summed E-state index contributed by atoms with van der Waals surface area (Å²) in [6.45, 7) is 4.53. The molecule has 0 aromatic heterocycles. The van der Waals surface area contributed by atoms with E-state index < -0.39 is 0 Å². The molecule has 0 heterocycles. The fourth-order valence-electron chi connectivity index (χ4n) is 3.95. The van der Waals surface area contributed by atoms with E-state index in [-0.39, 0.29) is 11.6 Å². The van der Waals surface area contributed by atoms with Gasteiger partial charge in [0.25, 0.3) is 0 Å². The van der Waals surface area contributed by atoms with E-state index in [0.29, 0.717) is 0 Å². The lowest BCUT2D eigenvalue weighted by molar-refractivity contribution is 0.0874. The number of nitrogens with one attached hydrogen (secondary N) is 1. The topological polar surface area (TPSA) is 41.3 Å². The van der Waals surface area contributed by atoms with E-state index >= 15 is 0 Å². The summed E-state index contributed by atoms with van der Waals surface area (Å²) in [4.78, 5) is 2.34. The van der Waals surface area contributed by atoms with Crippen LogP contribution < -0.4 is 11.3 Å². The summed E-state index contributed by atoms with van der Waals surface area (Å²) in [5.74, 6) is 6.76. The molecule has 0 bridgehead atoms. The van der Waals surface area contributed by atoms with Crippen molar-refractivity contribution < 1.29 is 0 Å². The molecule has 3 heteroatoms. The van der Waals surface area contributed by atoms with Crippen molar-refractivity contribution in [2.75, 3.05) is 14.1 Å². The molecular weight excluding hydrogens is 258 g/mol. The zero-order chi connectivity index (χ0) is 15.5. The standard InChI is InChI=1S/C18H31N3/c1-5-18(6-2,21(3)4)17(20-19)16-13-8-7-12-15(16)14-10-9-11-14/h7-8,12-14,17,20H,5-6,9-11,19H2,1-4H3. The van der Waals surface area contributed by atoms with Gasteiger partial charge in [0.05, 0.1) is 6.04 Å². The number of nitrogens with zero attached hydrogens (tertiary/aromatic N) is 1. The molecule has 1 aliphatic rings. The zero-order valence-electron chi connectivity index (χ0n) is 14.0. The van der Waals surface area contributed by atoms with Crippen molar-refractivity contribution in [2.45, 2.75) is 63.5 Å². The highest BCUT2D eigenvalue weighted by Gasteiger charge is 2.40. The quantitative estimate of drug-likeness (QED) is 0.595. The van der Waals surface area contributed by atoms with E-state index in [0.717, 1.165) is 18.8 Å². The van der Waals surface area contributed by atoms with Gasteiger partial charge in [0.15, 0.2) is 0 Å². The molecule has 1 aromatic carbocycles. The van der Waals surface area contributed by atoms with Gasteiger partial charge in [-0.05, 0) is 56.8 Å². The predicted octanol–water partition coefficient (Wildman–Crippen LogP) is 3.58. The molecular formula is C18H31N3. The molecule has 0 aliphatic heterocycles.